The van der Waals surface area contributed by atoms with E-state index in [1.807, 2.05) is 32.0 Å². The summed E-state index contributed by atoms with van der Waals surface area (Å²) in [5.74, 6) is 0.0426. The first-order chi connectivity index (χ1) is 13.9. The summed E-state index contributed by atoms with van der Waals surface area (Å²) in [7, 11) is 1.20. The number of hydrogen-bond donors (Lipinski definition) is 0. The number of aryl methyl sites for hydroxylation is 2. The molecule has 29 heavy (non-hydrogen) atoms. The van der Waals surface area contributed by atoms with Crippen LogP contribution in [0.5, 0.6) is 11.5 Å². The third kappa shape index (κ3) is 6.82. The first-order valence-electron chi connectivity index (χ1n) is 9.14. The standard InChI is InChI=1S/C23H23NO5/c1-16-9-10-17(2)21(12-16)28-11-5-8-22(25)29-20-7-4-6-18(14-20)13-19(15-24)23(26)27-3/h4,6-7,9-10,12-14H,5,8,11H2,1-3H3/b19-13+. The van der Waals surface area contributed by atoms with Crippen molar-refractivity contribution in [3.63, 3.8) is 0 Å². The van der Waals surface area contributed by atoms with Gasteiger partial charge >= 0.3 is 11.9 Å². The Hall–Kier alpha value is -3.59. The molecular formula is C23H23NO5. The molecule has 0 aliphatic carbocycles. The number of ether oxygens (including phenoxy) is 3. The van der Waals surface area contributed by atoms with Crippen LogP contribution in [0.4, 0.5) is 0 Å². The summed E-state index contributed by atoms with van der Waals surface area (Å²) >= 11 is 0. The van der Waals surface area contributed by atoms with Crippen LogP contribution >= 0.6 is 0 Å². The van der Waals surface area contributed by atoms with Crippen LogP contribution < -0.4 is 9.47 Å². The van der Waals surface area contributed by atoms with Gasteiger partial charge in [0.1, 0.15) is 23.1 Å². The molecule has 150 valence electrons. The number of hydrogen-bond acceptors (Lipinski definition) is 6. The van der Waals surface area contributed by atoms with Crippen LogP contribution in [-0.4, -0.2) is 25.7 Å². The number of methoxy groups -OCH3 is 1. The lowest BCUT2D eigenvalue weighted by molar-refractivity contribution is -0.136. The SMILES string of the molecule is COC(=O)/C(C#N)=C/c1cccc(OC(=O)CCCOc2cc(C)ccc2C)c1. The van der Waals surface area contributed by atoms with Gasteiger partial charge in [0.05, 0.1) is 13.7 Å². The van der Waals surface area contributed by atoms with E-state index in [4.69, 9.17) is 14.7 Å². The van der Waals surface area contributed by atoms with Gasteiger partial charge in [-0.3, -0.25) is 4.79 Å². The zero-order valence-corrected chi connectivity index (χ0v) is 16.7. The van der Waals surface area contributed by atoms with Crippen molar-refractivity contribution < 1.29 is 23.8 Å². The summed E-state index contributed by atoms with van der Waals surface area (Å²) in [5.41, 5.74) is 2.58. The highest BCUT2D eigenvalue weighted by atomic mass is 16.5. The van der Waals surface area contributed by atoms with Crippen LogP contribution in [0, 0.1) is 25.2 Å². The van der Waals surface area contributed by atoms with Gasteiger partial charge in [0, 0.05) is 6.42 Å². The fourth-order valence-electron chi connectivity index (χ4n) is 2.53. The van der Waals surface area contributed by atoms with E-state index >= 15 is 0 Å². The lowest BCUT2D eigenvalue weighted by atomic mass is 10.1. The molecule has 2 aromatic carbocycles. The highest BCUT2D eigenvalue weighted by Crippen LogP contribution is 2.20. The minimum Gasteiger partial charge on any atom is -0.493 e. The van der Waals surface area contributed by atoms with E-state index in [-0.39, 0.29) is 18.0 Å². The molecular weight excluding hydrogens is 370 g/mol. The molecule has 6 heteroatoms. The summed E-state index contributed by atoms with van der Waals surface area (Å²) in [6, 6.07) is 14.3. The Balaban J connectivity index is 1.88. The van der Waals surface area contributed by atoms with Crippen LogP contribution in [0.1, 0.15) is 29.5 Å². The van der Waals surface area contributed by atoms with E-state index in [9.17, 15) is 9.59 Å². The maximum Gasteiger partial charge on any atom is 0.348 e. The van der Waals surface area contributed by atoms with Crippen molar-refractivity contribution in [2.75, 3.05) is 13.7 Å². The Morgan fingerprint density at radius 1 is 1.14 bits per heavy atom. The summed E-state index contributed by atoms with van der Waals surface area (Å²) in [6.45, 7) is 4.38. The van der Waals surface area contributed by atoms with E-state index in [0.717, 1.165) is 16.9 Å². The van der Waals surface area contributed by atoms with Crippen molar-refractivity contribution >= 4 is 18.0 Å². The Bertz CT molecular complexity index is 956. The molecule has 0 N–H and O–H groups in total. The molecule has 0 saturated heterocycles. The third-order valence-electron chi connectivity index (χ3n) is 4.05. The molecule has 0 fully saturated rings. The van der Waals surface area contributed by atoms with Crippen molar-refractivity contribution in [3.8, 4) is 17.6 Å². The minimum absolute atomic E-state index is 0.139. The molecule has 0 aromatic heterocycles. The second kappa shape index (κ2) is 10.7. The molecule has 0 aliphatic rings. The normalized spacial score (nSPS) is 10.8. The van der Waals surface area contributed by atoms with Gasteiger partial charge in [0.2, 0.25) is 0 Å². The average molecular weight is 393 g/mol. The Morgan fingerprint density at radius 3 is 2.66 bits per heavy atom. The van der Waals surface area contributed by atoms with Gasteiger partial charge < -0.3 is 14.2 Å². The van der Waals surface area contributed by atoms with Crippen molar-refractivity contribution in [1.29, 1.82) is 5.26 Å². The Kier molecular flexibility index (Phi) is 7.99. The van der Waals surface area contributed by atoms with E-state index in [0.29, 0.717) is 24.3 Å². The number of carbonyl (C=O) groups excluding carboxylic acids is 2. The fourth-order valence-corrected chi connectivity index (χ4v) is 2.53. The highest BCUT2D eigenvalue weighted by Gasteiger charge is 2.10. The predicted octanol–water partition coefficient (Wildman–Crippen LogP) is 4.15. The molecule has 0 bridgehead atoms. The molecule has 2 aromatic rings. The molecule has 0 unspecified atom stereocenters. The van der Waals surface area contributed by atoms with Crippen LogP contribution in [0.15, 0.2) is 48.0 Å². The maximum absolute atomic E-state index is 12.1. The lowest BCUT2D eigenvalue weighted by Crippen LogP contribution is -2.10. The molecule has 0 aliphatic heterocycles. The van der Waals surface area contributed by atoms with Gasteiger partial charge in [0.15, 0.2) is 0 Å². The zero-order valence-electron chi connectivity index (χ0n) is 16.7. The number of nitrogens with zero attached hydrogens (tertiary/aromatic N) is 1. The number of rotatable bonds is 8. The van der Waals surface area contributed by atoms with Gasteiger partial charge in [-0.25, -0.2) is 4.79 Å². The molecule has 0 spiro atoms. The highest BCUT2D eigenvalue weighted by molar-refractivity contribution is 5.97. The second-order valence-electron chi connectivity index (χ2n) is 6.43. The van der Waals surface area contributed by atoms with E-state index in [1.54, 1.807) is 30.3 Å². The summed E-state index contributed by atoms with van der Waals surface area (Å²) < 4.78 is 15.6. The summed E-state index contributed by atoms with van der Waals surface area (Å²) in [4.78, 5) is 23.6. The molecule has 6 nitrogen and oxygen atoms in total. The van der Waals surface area contributed by atoms with Gasteiger partial charge in [-0.05, 0) is 61.2 Å². The molecule has 0 radical (unpaired) electrons. The molecule has 0 heterocycles. The van der Waals surface area contributed by atoms with Gasteiger partial charge in [-0.1, -0.05) is 24.3 Å². The summed E-state index contributed by atoms with van der Waals surface area (Å²) in [5, 5.41) is 9.02. The largest absolute Gasteiger partial charge is 0.493 e. The van der Waals surface area contributed by atoms with Crippen LogP contribution in [0.3, 0.4) is 0 Å². The van der Waals surface area contributed by atoms with Crippen LogP contribution in [-0.2, 0) is 14.3 Å². The topological polar surface area (TPSA) is 85.6 Å². The first kappa shape index (κ1) is 21.7. The van der Waals surface area contributed by atoms with Gasteiger partial charge in [-0.2, -0.15) is 5.26 Å². The van der Waals surface area contributed by atoms with E-state index < -0.39 is 5.97 Å². The minimum atomic E-state index is -0.723. The average Bonchev–Trinajstić information content (AvgIpc) is 2.71. The third-order valence-corrected chi connectivity index (χ3v) is 4.05. The smallest absolute Gasteiger partial charge is 0.348 e. The Morgan fingerprint density at radius 2 is 1.93 bits per heavy atom. The number of carbonyl (C=O) groups is 2. The number of esters is 2. The Labute approximate surface area is 170 Å². The quantitative estimate of drug-likeness (QED) is 0.220. The molecule has 0 saturated carbocycles. The number of benzene rings is 2. The second-order valence-corrected chi connectivity index (χ2v) is 6.43. The van der Waals surface area contributed by atoms with Crippen LogP contribution in [0.25, 0.3) is 6.08 Å². The van der Waals surface area contributed by atoms with Crippen molar-refractivity contribution in [1.82, 2.24) is 0 Å². The predicted molar refractivity (Wildman–Crippen MR) is 108 cm³/mol. The first-order valence-corrected chi connectivity index (χ1v) is 9.14. The monoisotopic (exact) mass is 393 g/mol. The van der Waals surface area contributed by atoms with Gasteiger partial charge in [0.25, 0.3) is 0 Å². The zero-order chi connectivity index (χ0) is 21.2. The van der Waals surface area contributed by atoms with Gasteiger partial charge in [-0.15, -0.1) is 0 Å². The molecule has 0 amide bonds. The van der Waals surface area contributed by atoms with Crippen molar-refractivity contribution in [2.45, 2.75) is 26.7 Å². The van der Waals surface area contributed by atoms with Crippen LogP contribution in [0.2, 0.25) is 0 Å². The number of nitriles is 1. The lowest BCUT2D eigenvalue weighted by Gasteiger charge is -2.10. The summed E-state index contributed by atoms with van der Waals surface area (Å²) in [6.07, 6.45) is 2.10. The molecule has 2 rings (SSSR count). The van der Waals surface area contributed by atoms with Crippen molar-refractivity contribution in [3.05, 3.63) is 64.7 Å². The molecule has 0 atom stereocenters. The maximum atomic E-state index is 12.1. The van der Waals surface area contributed by atoms with E-state index in [1.165, 1.54) is 13.2 Å². The fraction of sp³-hybridized carbons (Fsp3) is 0.261. The van der Waals surface area contributed by atoms with E-state index in [2.05, 4.69) is 4.74 Å². The van der Waals surface area contributed by atoms with Crippen molar-refractivity contribution in [2.24, 2.45) is 0 Å².